The van der Waals surface area contributed by atoms with Crippen LogP contribution in [0, 0.1) is 5.41 Å². The highest BCUT2D eigenvalue weighted by atomic mass is 32.2. The molecular formula is C19H27NO3S. The second-order valence-corrected chi connectivity index (χ2v) is 9.86. The molecule has 0 saturated heterocycles. The van der Waals surface area contributed by atoms with E-state index in [2.05, 4.69) is 16.9 Å². The Morgan fingerprint density at radius 2 is 1.96 bits per heavy atom. The Labute approximate surface area is 145 Å². The van der Waals surface area contributed by atoms with Gasteiger partial charge < -0.3 is 4.74 Å². The van der Waals surface area contributed by atoms with Crippen molar-refractivity contribution in [2.75, 3.05) is 12.9 Å². The van der Waals surface area contributed by atoms with Crippen molar-refractivity contribution in [1.82, 2.24) is 4.72 Å². The predicted molar refractivity (Wildman–Crippen MR) is 94.5 cm³/mol. The first kappa shape index (κ1) is 16.6. The molecule has 5 heteroatoms. The predicted octanol–water partition coefficient (Wildman–Crippen LogP) is 2.98. The van der Waals surface area contributed by atoms with Gasteiger partial charge in [0, 0.05) is 13.2 Å². The third kappa shape index (κ3) is 3.14. The molecule has 3 aliphatic carbocycles. The number of sulfonamides is 1. The van der Waals surface area contributed by atoms with Crippen LogP contribution in [0.15, 0.2) is 24.3 Å². The monoisotopic (exact) mass is 349 g/mol. The van der Waals surface area contributed by atoms with Gasteiger partial charge in [0.25, 0.3) is 0 Å². The lowest BCUT2D eigenvalue weighted by Crippen LogP contribution is -2.58. The van der Waals surface area contributed by atoms with Gasteiger partial charge in [-0.05, 0) is 67.4 Å². The Morgan fingerprint density at radius 3 is 2.71 bits per heavy atom. The van der Waals surface area contributed by atoms with Gasteiger partial charge >= 0.3 is 0 Å². The van der Waals surface area contributed by atoms with E-state index < -0.39 is 10.0 Å². The van der Waals surface area contributed by atoms with Crippen LogP contribution >= 0.6 is 0 Å². The van der Waals surface area contributed by atoms with E-state index >= 15 is 0 Å². The number of nitrogens with one attached hydrogen (secondary N) is 1. The third-order valence-electron chi connectivity index (χ3n) is 6.27. The molecule has 4 nitrogen and oxygen atoms in total. The minimum atomic E-state index is -3.22. The normalized spacial score (nSPS) is 35.1. The van der Waals surface area contributed by atoms with Gasteiger partial charge in [-0.3, -0.25) is 0 Å². The molecule has 0 aliphatic heterocycles. The van der Waals surface area contributed by atoms with Gasteiger partial charge in [0.05, 0.1) is 11.9 Å². The average molecular weight is 349 g/mol. The lowest BCUT2D eigenvalue weighted by molar-refractivity contribution is -0.110. The van der Waals surface area contributed by atoms with Crippen molar-refractivity contribution in [1.29, 1.82) is 0 Å². The van der Waals surface area contributed by atoms with Crippen LogP contribution in [0.4, 0.5) is 0 Å². The summed E-state index contributed by atoms with van der Waals surface area (Å²) in [6, 6.07) is 8.45. The summed E-state index contributed by atoms with van der Waals surface area (Å²) < 4.78 is 33.5. The minimum absolute atomic E-state index is 0.131. The highest BCUT2D eigenvalue weighted by Crippen LogP contribution is 2.56. The van der Waals surface area contributed by atoms with E-state index in [9.17, 15) is 8.42 Å². The van der Waals surface area contributed by atoms with Crippen molar-refractivity contribution in [2.24, 2.45) is 5.41 Å². The highest BCUT2D eigenvalue weighted by molar-refractivity contribution is 7.89. The SMILES string of the molecule is COC1CC2(CC(NS(=O)(=O)CC3CCCc4ccccc43)C2)C1. The molecule has 0 heterocycles. The third-order valence-corrected chi connectivity index (χ3v) is 7.81. The first-order valence-corrected chi connectivity index (χ1v) is 10.7. The summed E-state index contributed by atoms with van der Waals surface area (Å²) in [6.07, 6.45) is 7.67. The molecule has 2 fully saturated rings. The molecule has 132 valence electrons. The molecule has 0 aromatic heterocycles. The van der Waals surface area contributed by atoms with Crippen LogP contribution in [0.2, 0.25) is 0 Å². The Balaban J connectivity index is 1.34. The van der Waals surface area contributed by atoms with Crippen molar-refractivity contribution in [2.45, 2.75) is 63.0 Å². The van der Waals surface area contributed by atoms with E-state index in [0.717, 1.165) is 44.9 Å². The van der Waals surface area contributed by atoms with Gasteiger partial charge in [0.2, 0.25) is 10.0 Å². The molecule has 3 aliphatic rings. The molecule has 1 unspecified atom stereocenters. The second-order valence-electron chi connectivity index (χ2n) is 8.06. The standard InChI is InChI=1S/C19H27NO3S/c1-23-17-11-19(12-17)9-16(10-19)20-24(21,22)13-15-7-4-6-14-5-2-3-8-18(14)15/h2-3,5,8,15-17,20H,4,6-7,9-13H2,1H3. The van der Waals surface area contributed by atoms with Gasteiger partial charge in [-0.25, -0.2) is 13.1 Å². The van der Waals surface area contributed by atoms with Gasteiger partial charge in [-0.1, -0.05) is 24.3 Å². The molecule has 0 bridgehead atoms. The molecule has 24 heavy (non-hydrogen) atoms. The van der Waals surface area contributed by atoms with Crippen molar-refractivity contribution >= 4 is 10.0 Å². The minimum Gasteiger partial charge on any atom is -0.381 e. The molecule has 2 saturated carbocycles. The largest absolute Gasteiger partial charge is 0.381 e. The lowest BCUT2D eigenvalue weighted by atomic mass is 9.53. The van der Waals surface area contributed by atoms with Crippen LogP contribution in [0.25, 0.3) is 0 Å². The zero-order valence-electron chi connectivity index (χ0n) is 14.3. The summed E-state index contributed by atoms with van der Waals surface area (Å²) in [5.74, 6) is 0.372. The fraction of sp³-hybridized carbons (Fsp3) is 0.684. The summed E-state index contributed by atoms with van der Waals surface area (Å²) in [7, 11) is -1.46. The summed E-state index contributed by atoms with van der Waals surface area (Å²) in [4.78, 5) is 0. The summed E-state index contributed by atoms with van der Waals surface area (Å²) >= 11 is 0. The van der Waals surface area contributed by atoms with Crippen LogP contribution in [0.1, 0.15) is 55.6 Å². The maximum Gasteiger partial charge on any atom is 0.212 e. The zero-order valence-corrected chi connectivity index (χ0v) is 15.1. The molecule has 0 amide bonds. The first-order valence-electron chi connectivity index (χ1n) is 9.09. The van der Waals surface area contributed by atoms with Gasteiger partial charge in [-0.15, -0.1) is 0 Å². The smallest absolute Gasteiger partial charge is 0.212 e. The zero-order chi connectivity index (χ0) is 16.8. The van der Waals surface area contributed by atoms with Crippen LogP contribution in [0.5, 0.6) is 0 Å². The fourth-order valence-electron chi connectivity index (χ4n) is 5.07. The summed E-state index contributed by atoms with van der Waals surface area (Å²) in [5, 5.41) is 0. The molecule has 4 rings (SSSR count). The van der Waals surface area contributed by atoms with Crippen LogP contribution in [-0.4, -0.2) is 33.4 Å². The second kappa shape index (κ2) is 6.11. The Morgan fingerprint density at radius 1 is 1.21 bits per heavy atom. The summed E-state index contributed by atoms with van der Waals surface area (Å²) in [6.45, 7) is 0. The molecule has 1 aromatic carbocycles. The molecule has 1 N–H and O–H groups in total. The Kier molecular flexibility index (Phi) is 4.22. The number of benzene rings is 1. The Hall–Kier alpha value is -0.910. The first-order chi connectivity index (χ1) is 11.5. The number of fused-ring (bicyclic) bond motifs is 1. The number of aryl methyl sites for hydroxylation is 1. The quantitative estimate of drug-likeness (QED) is 0.889. The summed E-state index contributed by atoms with van der Waals surface area (Å²) in [5.41, 5.74) is 2.93. The number of methoxy groups -OCH3 is 1. The van der Waals surface area contributed by atoms with Crippen LogP contribution in [-0.2, 0) is 21.2 Å². The molecule has 1 atom stereocenters. The number of hydrogen-bond donors (Lipinski definition) is 1. The highest BCUT2D eigenvalue weighted by Gasteiger charge is 2.53. The van der Waals surface area contributed by atoms with E-state index in [1.165, 1.54) is 11.1 Å². The van der Waals surface area contributed by atoms with Crippen molar-refractivity contribution in [3.8, 4) is 0 Å². The fourth-order valence-corrected chi connectivity index (χ4v) is 6.72. The molecule has 1 spiro atoms. The van der Waals surface area contributed by atoms with Gasteiger partial charge in [0.1, 0.15) is 0 Å². The van der Waals surface area contributed by atoms with Crippen LogP contribution in [0.3, 0.4) is 0 Å². The van der Waals surface area contributed by atoms with Crippen molar-refractivity contribution in [3.63, 3.8) is 0 Å². The van der Waals surface area contributed by atoms with Crippen molar-refractivity contribution < 1.29 is 13.2 Å². The molecular weight excluding hydrogens is 322 g/mol. The van der Waals surface area contributed by atoms with E-state index in [4.69, 9.17) is 4.74 Å². The van der Waals surface area contributed by atoms with Crippen molar-refractivity contribution in [3.05, 3.63) is 35.4 Å². The number of ether oxygens (including phenoxy) is 1. The van der Waals surface area contributed by atoms with E-state index in [-0.39, 0.29) is 17.7 Å². The van der Waals surface area contributed by atoms with Gasteiger partial charge in [-0.2, -0.15) is 0 Å². The molecule has 0 radical (unpaired) electrons. The van der Waals surface area contributed by atoms with E-state index in [1.807, 2.05) is 12.1 Å². The maximum atomic E-state index is 12.6. The van der Waals surface area contributed by atoms with Gasteiger partial charge in [0.15, 0.2) is 0 Å². The van der Waals surface area contributed by atoms with E-state index in [1.54, 1.807) is 7.11 Å². The lowest BCUT2D eigenvalue weighted by Gasteiger charge is -2.57. The molecule has 1 aromatic rings. The maximum absolute atomic E-state index is 12.6. The topological polar surface area (TPSA) is 55.4 Å². The number of hydrogen-bond acceptors (Lipinski definition) is 3. The number of rotatable bonds is 5. The van der Waals surface area contributed by atoms with E-state index in [0.29, 0.717) is 11.5 Å². The van der Waals surface area contributed by atoms with Crippen LogP contribution < -0.4 is 4.72 Å². The average Bonchev–Trinajstić information content (AvgIpc) is 2.48. The Bertz CT molecular complexity index is 701.